The second kappa shape index (κ2) is 10.0. The highest BCUT2D eigenvalue weighted by Crippen LogP contribution is 2.28. The fraction of sp³-hybridized carbons (Fsp3) is 0.600. The van der Waals surface area contributed by atoms with Gasteiger partial charge in [-0.2, -0.15) is 0 Å². The molecular weight excluding hydrogens is 328 g/mol. The predicted molar refractivity (Wildman–Crippen MR) is 106 cm³/mol. The number of guanidine groups is 1. The third kappa shape index (κ3) is 6.58. The fourth-order valence-electron chi connectivity index (χ4n) is 3.35. The van der Waals surface area contributed by atoms with Gasteiger partial charge in [-0.3, -0.25) is 4.79 Å². The first-order valence-electron chi connectivity index (χ1n) is 9.56. The Bertz CT molecular complexity index is 592. The molecule has 1 aliphatic carbocycles. The van der Waals surface area contributed by atoms with Crippen molar-refractivity contribution in [3.8, 4) is 5.75 Å². The van der Waals surface area contributed by atoms with E-state index in [0.717, 1.165) is 25.0 Å². The zero-order valence-corrected chi connectivity index (χ0v) is 16.2. The minimum atomic E-state index is -0.175. The Labute approximate surface area is 156 Å². The second-order valence-electron chi connectivity index (χ2n) is 7.27. The van der Waals surface area contributed by atoms with E-state index < -0.39 is 0 Å². The van der Waals surface area contributed by atoms with Crippen LogP contribution in [-0.4, -0.2) is 48.6 Å². The Hall–Kier alpha value is -2.24. The predicted octanol–water partition coefficient (Wildman–Crippen LogP) is 3.05. The molecule has 0 bridgehead atoms. The fourth-order valence-corrected chi connectivity index (χ4v) is 3.35. The van der Waals surface area contributed by atoms with E-state index in [9.17, 15) is 9.90 Å². The lowest BCUT2D eigenvalue weighted by Crippen LogP contribution is -2.42. The van der Waals surface area contributed by atoms with Gasteiger partial charge in [0.25, 0.3) is 0 Å². The number of carbonyl (C=O) groups excluding carboxylic acids is 1. The summed E-state index contributed by atoms with van der Waals surface area (Å²) in [5, 5.41) is 15.3. The normalized spacial score (nSPS) is 20.5. The van der Waals surface area contributed by atoms with Crippen molar-refractivity contribution >= 4 is 17.6 Å². The number of aliphatic imine (C=N–C) groups is 1. The van der Waals surface area contributed by atoms with Crippen LogP contribution in [-0.2, 0) is 4.79 Å². The van der Waals surface area contributed by atoms with Gasteiger partial charge >= 0.3 is 0 Å². The van der Waals surface area contributed by atoms with E-state index in [-0.39, 0.29) is 18.2 Å². The molecule has 1 aromatic carbocycles. The molecule has 0 heterocycles. The summed E-state index contributed by atoms with van der Waals surface area (Å²) in [7, 11) is 2.04. The van der Waals surface area contributed by atoms with Crippen molar-refractivity contribution in [2.24, 2.45) is 16.8 Å². The summed E-state index contributed by atoms with van der Waals surface area (Å²) in [5.41, 5.74) is 0.651. The van der Waals surface area contributed by atoms with E-state index in [1.54, 1.807) is 24.3 Å². The average molecular weight is 361 g/mol. The lowest BCUT2D eigenvalue weighted by atomic mass is 9.83. The largest absolute Gasteiger partial charge is 0.508 e. The second-order valence-corrected chi connectivity index (χ2v) is 7.27. The minimum absolute atomic E-state index is 0.0647. The van der Waals surface area contributed by atoms with Crippen LogP contribution >= 0.6 is 0 Å². The highest BCUT2D eigenvalue weighted by atomic mass is 16.3. The third-order valence-corrected chi connectivity index (χ3v) is 4.89. The van der Waals surface area contributed by atoms with Crippen LogP contribution in [0.4, 0.5) is 5.69 Å². The van der Waals surface area contributed by atoms with E-state index in [1.807, 2.05) is 14.0 Å². The van der Waals surface area contributed by atoms with Gasteiger partial charge in [0.05, 0.1) is 0 Å². The van der Waals surface area contributed by atoms with Crippen LogP contribution in [0.3, 0.4) is 0 Å². The van der Waals surface area contributed by atoms with Crippen LogP contribution in [0.2, 0.25) is 0 Å². The van der Waals surface area contributed by atoms with Crippen LogP contribution in [0.15, 0.2) is 29.3 Å². The molecule has 0 saturated heterocycles. The Kier molecular flexibility index (Phi) is 7.75. The molecule has 0 radical (unpaired) electrons. The Morgan fingerprint density at radius 2 is 1.88 bits per heavy atom. The molecule has 1 saturated carbocycles. The number of amides is 1. The van der Waals surface area contributed by atoms with Crippen molar-refractivity contribution in [1.29, 1.82) is 0 Å². The first-order valence-corrected chi connectivity index (χ1v) is 9.56. The molecule has 0 unspecified atom stereocenters. The summed E-state index contributed by atoms with van der Waals surface area (Å²) in [6.45, 7) is 6.16. The molecule has 1 aromatic rings. The number of phenols is 1. The zero-order valence-electron chi connectivity index (χ0n) is 16.2. The molecular formula is C20H32N4O2. The molecule has 1 aliphatic rings. The maximum absolute atomic E-state index is 12.1. The molecule has 3 N–H and O–H groups in total. The number of phenolic OH excluding ortho intramolecular Hbond substituents is 1. The standard InChI is InChI=1S/C20H32N4O2/c1-4-21-20(24(3)14-16-7-5-15(2)6-8-16)22-13-19(26)23-17-9-11-18(25)12-10-17/h9-12,15-16,25H,4-8,13-14H2,1-3H3,(H,21,22)(H,23,26). The first kappa shape index (κ1) is 20.1. The number of hydrogen-bond acceptors (Lipinski definition) is 3. The van der Waals surface area contributed by atoms with Crippen molar-refractivity contribution in [2.45, 2.75) is 39.5 Å². The number of aromatic hydroxyl groups is 1. The summed E-state index contributed by atoms with van der Waals surface area (Å²) < 4.78 is 0. The number of nitrogens with one attached hydrogen (secondary N) is 2. The van der Waals surface area contributed by atoms with Gasteiger partial charge < -0.3 is 20.6 Å². The molecule has 1 amide bonds. The molecule has 0 aromatic heterocycles. The van der Waals surface area contributed by atoms with E-state index in [4.69, 9.17) is 0 Å². The number of rotatable bonds is 6. The van der Waals surface area contributed by atoms with Crippen molar-refractivity contribution in [2.75, 3.05) is 32.0 Å². The van der Waals surface area contributed by atoms with Crippen molar-refractivity contribution < 1.29 is 9.90 Å². The van der Waals surface area contributed by atoms with Gasteiger partial charge in [0.15, 0.2) is 5.96 Å². The number of carbonyl (C=O) groups is 1. The molecule has 6 nitrogen and oxygen atoms in total. The van der Waals surface area contributed by atoms with Crippen LogP contribution < -0.4 is 10.6 Å². The summed E-state index contributed by atoms with van der Waals surface area (Å²) in [5.74, 6) is 2.32. The summed E-state index contributed by atoms with van der Waals surface area (Å²) in [6.07, 6.45) is 5.15. The van der Waals surface area contributed by atoms with Gasteiger partial charge in [-0.25, -0.2) is 4.99 Å². The van der Waals surface area contributed by atoms with Crippen molar-refractivity contribution in [3.05, 3.63) is 24.3 Å². The van der Waals surface area contributed by atoms with E-state index in [1.165, 1.54) is 25.7 Å². The molecule has 6 heteroatoms. The van der Waals surface area contributed by atoms with E-state index in [0.29, 0.717) is 11.6 Å². The quantitative estimate of drug-likeness (QED) is 0.414. The Morgan fingerprint density at radius 1 is 1.23 bits per heavy atom. The van der Waals surface area contributed by atoms with Gasteiger partial charge in [-0.15, -0.1) is 0 Å². The van der Waals surface area contributed by atoms with Gasteiger partial charge in [0.1, 0.15) is 12.3 Å². The molecule has 26 heavy (non-hydrogen) atoms. The molecule has 0 spiro atoms. The van der Waals surface area contributed by atoms with Crippen molar-refractivity contribution in [3.63, 3.8) is 0 Å². The van der Waals surface area contributed by atoms with Gasteiger partial charge in [-0.05, 0) is 55.9 Å². The summed E-state index contributed by atoms with van der Waals surface area (Å²) in [4.78, 5) is 18.7. The molecule has 144 valence electrons. The molecule has 1 fully saturated rings. The molecule has 0 atom stereocenters. The number of hydrogen-bond donors (Lipinski definition) is 3. The van der Waals surface area contributed by atoms with Crippen molar-refractivity contribution in [1.82, 2.24) is 10.2 Å². The zero-order chi connectivity index (χ0) is 18.9. The van der Waals surface area contributed by atoms with Gasteiger partial charge in [0, 0.05) is 25.8 Å². The van der Waals surface area contributed by atoms with Crippen LogP contribution in [0, 0.1) is 11.8 Å². The van der Waals surface area contributed by atoms with Gasteiger partial charge in [0.2, 0.25) is 5.91 Å². The monoisotopic (exact) mass is 360 g/mol. The highest BCUT2D eigenvalue weighted by molar-refractivity contribution is 5.94. The number of anilines is 1. The van der Waals surface area contributed by atoms with E-state index >= 15 is 0 Å². The maximum atomic E-state index is 12.1. The first-order chi connectivity index (χ1) is 12.5. The van der Waals surface area contributed by atoms with Crippen LogP contribution in [0.25, 0.3) is 0 Å². The SMILES string of the molecule is CCNC(=NCC(=O)Nc1ccc(O)cc1)N(C)CC1CCC(C)CC1. The smallest absolute Gasteiger partial charge is 0.246 e. The summed E-state index contributed by atoms with van der Waals surface area (Å²) >= 11 is 0. The van der Waals surface area contributed by atoms with E-state index in [2.05, 4.69) is 27.4 Å². The average Bonchev–Trinajstić information content (AvgIpc) is 2.62. The van der Waals surface area contributed by atoms with Crippen LogP contribution in [0.1, 0.15) is 39.5 Å². The Balaban J connectivity index is 1.87. The topological polar surface area (TPSA) is 77.0 Å². The molecule has 2 rings (SSSR count). The number of benzene rings is 1. The lowest BCUT2D eigenvalue weighted by Gasteiger charge is -2.31. The molecule has 0 aliphatic heterocycles. The third-order valence-electron chi connectivity index (χ3n) is 4.89. The Morgan fingerprint density at radius 3 is 2.50 bits per heavy atom. The van der Waals surface area contributed by atoms with Gasteiger partial charge in [-0.1, -0.05) is 19.8 Å². The highest BCUT2D eigenvalue weighted by Gasteiger charge is 2.20. The lowest BCUT2D eigenvalue weighted by molar-refractivity contribution is -0.114. The minimum Gasteiger partial charge on any atom is -0.508 e. The number of nitrogens with zero attached hydrogens (tertiary/aromatic N) is 2. The summed E-state index contributed by atoms with van der Waals surface area (Å²) in [6, 6.07) is 6.42. The maximum Gasteiger partial charge on any atom is 0.246 e. The van der Waals surface area contributed by atoms with Crippen LogP contribution in [0.5, 0.6) is 5.75 Å².